The lowest BCUT2D eigenvalue weighted by Crippen LogP contribution is -2.43. The van der Waals surface area contributed by atoms with Crippen LogP contribution in [0.15, 0.2) is 30.3 Å². The number of piperazine rings is 1. The molecule has 1 saturated heterocycles. The van der Waals surface area contributed by atoms with Crippen molar-refractivity contribution in [2.24, 2.45) is 0 Å². The summed E-state index contributed by atoms with van der Waals surface area (Å²) in [6.07, 6.45) is 4.40. The van der Waals surface area contributed by atoms with E-state index in [0.29, 0.717) is 0 Å². The molecule has 0 atom stereocenters. The van der Waals surface area contributed by atoms with Gasteiger partial charge in [-0.05, 0) is 17.7 Å². The summed E-state index contributed by atoms with van der Waals surface area (Å²) in [6.45, 7) is 5.54. The third kappa shape index (κ3) is 3.88. The van der Waals surface area contributed by atoms with E-state index in [1.54, 1.807) is 7.11 Å². The summed E-state index contributed by atoms with van der Waals surface area (Å²) in [7, 11) is 1.69. The van der Waals surface area contributed by atoms with Gasteiger partial charge in [0.05, 0.1) is 7.11 Å². The van der Waals surface area contributed by atoms with Crippen molar-refractivity contribution in [1.82, 2.24) is 10.2 Å². The quantitative estimate of drug-likeness (QED) is 0.853. The van der Waals surface area contributed by atoms with Crippen molar-refractivity contribution < 1.29 is 4.74 Å². The molecule has 1 aromatic carbocycles. The zero-order valence-corrected chi connectivity index (χ0v) is 10.4. The van der Waals surface area contributed by atoms with E-state index in [2.05, 4.69) is 34.5 Å². The number of hydrogen-bond donors (Lipinski definition) is 1. The maximum absolute atomic E-state index is 5.13. The van der Waals surface area contributed by atoms with Crippen LogP contribution in [0.4, 0.5) is 0 Å². The third-order valence-electron chi connectivity index (χ3n) is 3.00. The maximum Gasteiger partial charge on any atom is 0.118 e. The fourth-order valence-electron chi connectivity index (χ4n) is 1.95. The highest BCUT2D eigenvalue weighted by molar-refractivity contribution is 5.50. The van der Waals surface area contributed by atoms with E-state index >= 15 is 0 Å². The zero-order valence-electron chi connectivity index (χ0n) is 10.4. The highest BCUT2D eigenvalue weighted by Crippen LogP contribution is 2.12. The van der Waals surface area contributed by atoms with Crippen molar-refractivity contribution in [2.45, 2.75) is 0 Å². The molecule has 0 radical (unpaired) electrons. The van der Waals surface area contributed by atoms with Gasteiger partial charge in [0.25, 0.3) is 0 Å². The number of methoxy groups -OCH3 is 1. The van der Waals surface area contributed by atoms with Gasteiger partial charge < -0.3 is 10.1 Å². The SMILES string of the molecule is COc1ccc(/C=C/CN2CCNCC2)cc1. The minimum absolute atomic E-state index is 0.907. The minimum Gasteiger partial charge on any atom is -0.497 e. The molecule has 0 unspecified atom stereocenters. The van der Waals surface area contributed by atoms with Gasteiger partial charge in [0.1, 0.15) is 5.75 Å². The molecule has 17 heavy (non-hydrogen) atoms. The predicted molar refractivity (Wildman–Crippen MR) is 71.3 cm³/mol. The Kier molecular flexibility index (Phi) is 4.59. The number of rotatable bonds is 4. The summed E-state index contributed by atoms with van der Waals surface area (Å²) in [6, 6.07) is 8.13. The van der Waals surface area contributed by atoms with Crippen LogP contribution in [0.3, 0.4) is 0 Å². The molecule has 1 N–H and O–H groups in total. The number of ether oxygens (including phenoxy) is 1. The second kappa shape index (κ2) is 6.42. The molecule has 0 bridgehead atoms. The Labute approximate surface area is 103 Å². The molecule has 0 amide bonds. The molecule has 3 heteroatoms. The molecule has 0 saturated carbocycles. The Balaban J connectivity index is 1.82. The lowest BCUT2D eigenvalue weighted by molar-refractivity contribution is 0.265. The first-order valence-corrected chi connectivity index (χ1v) is 6.12. The van der Waals surface area contributed by atoms with Crippen LogP contribution in [0.1, 0.15) is 5.56 Å². The van der Waals surface area contributed by atoms with Gasteiger partial charge in [-0.15, -0.1) is 0 Å². The third-order valence-corrected chi connectivity index (χ3v) is 3.00. The number of nitrogens with one attached hydrogen (secondary N) is 1. The summed E-state index contributed by atoms with van der Waals surface area (Å²) < 4.78 is 5.13. The molecule has 1 aromatic rings. The highest BCUT2D eigenvalue weighted by Gasteiger charge is 2.06. The van der Waals surface area contributed by atoms with Crippen LogP contribution in [-0.4, -0.2) is 44.7 Å². The molecule has 0 spiro atoms. The van der Waals surface area contributed by atoms with Gasteiger partial charge in [0.15, 0.2) is 0 Å². The van der Waals surface area contributed by atoms with Crippen molar-refractivity contribution in [1.29, 1.82) is 0 Å². The van der Waals surface area contributed by atoms with E-state index in [0.717, 1.165) is 38.5 Å². The number of benzene rings is 1. The normalized spacial score (nSPS) is 17.5. The van der Waals surface area contributed by atoms with Gasteiger partial charge in [0, 0.05) is 32.7 Å². The summed E-state index contributed by atoms with van der Waals surface area (Å²) >= 11 is 0. The molecule has 1 aliphatic heterocycles. The van der Waals surface area contributed by atoms with Crippen LogP contribution in [0.2, 0.25) is 0 Å². The Morgan fingerprint density at radius 2 is 1.94 bits per heavy atom. The Hall–Kier alpha value is -1.32. The van der Waals surface area contributed by atoms with Gasteiger partial charge in [-0.2, -0.15) is 0 Å². The topological polar surface area (TPSA) is 24.5 Å². The van der Waals surface area contributed by atoms with Gasteiger partial charge >= 0.3 is 0 Å². The largest absolute Gasteiger partial charge is 0.497 e. The summed E-state index contributed by atoms with van der Waals surface area (Å²) in [5.74, 6) is 0.907. The van der Waals surface area contributed by atoms with Gasteiger partial charge in [-0.3, -0.25) is 4.90 Å². The smallest absolute Gasteiger partial charge is 0.118 e. The summed E-state index contributed by atoms with van der Waals surface area (Å²) in [4.78, 5) is 2.45. The number of hydrogen-bond acceptors (Lipinski definition) is 3. The average Bonchev–Trinajstić information content (AvgIpc) is 2.41. The van der Waals surface area contributed by atoms with E-state index in [9.17, 15) is 0 Å². The fraction of sp³-hybridized carbons (Fsp3) is 0.429. The molecule has 3 nitrogen and oxygen atoms in total. The maximum atomic E-state index is 5.13. The lowest BCUT2D eigenvalue weighted by atomic mass is 10.2. The van der Waals surface area contributed by atoms with Crippen molar-refractivity contribution >= 4 is 6.08 Å². The zero-order chi connectivity index (χ0) is 11.9. The predicted octanol–water partition coefficient (Wildman–Crippen LogP) is 1.61. The van der Waals surface area contributed by atoms with Crippen molar-refractivity contribution in [3.63, 3.8) is 0 Å². The minimum atomic E-state index is 0.907. The standard InChI is InChI=1S/C14H20N2O/c1-17-14-6-4-13(5-7-14)3-2-10-16-11-8-15-9-12-16/h2-7,15H,8-12H2,1H3/b3-2+. The van der Waals surface area contributed by atoms with Crippen LogP contribution in [0.25, 0.3) is 6.08 Å². The molecule has 1 fully saturated rings. The van der Waals surface area contributed by atoms with E-state index < -0.39 is 0 Å². The Bertz CT molecular complexity index is 353. The molecular weight excluding hydrogens is 212 g/mol. The van der Waals surface area contributed by atoms with Crippen molar-refractivity contribution in [2.75, 3.05) is 39.8 Å². The van der Waals surface area contributed by atoms with Crippen LogP contribution in [0, 0.1) is 0 Å². The molecule has 92 valence electrons. The Morgan fingerprint density at radius 3 is 2.59 bits per heavy atom. The first-order valence-electron chi connectivity index (χ1n) is 6.12. The fourth-order valence-corrected chi connectivity index (χ4v) is 1.95. The lowest BCUT2D eigenvalue weighted by Gasteiger charge is -2.25. The Morgan fingerprint density at radius 1 is 1.24 bits per heavy atom. The molecule has 1 aliphatic rings. The highest BCUT2D eigenvalue weighted by atomic mass is 16.5. The molecule has 1 heterocycles. The first-order chi connectivity index (χ1) is 8.38. The van der Waals surface area contributed by atoms with Crippen LogP contribution in [0.5, 0.6) is 5.75 Å². The van der Waals surface area contributed by atoms with Gasteiger partial charge in [0.2, 0.25) is 0 Å². The average molecular weight is 232 g/mol. The van der Waals surface area contributed by atoms with E-state index in [1.807, 2.05) is 12.1 Å². The summed E-state index contributed by atoms with van der Waals surface area (Å²) in [5, 5.41) is 3.36. The molecule has 0 aliphatic carbocycles. The summed E-state index contributed by atoms with van der Waals surface area (Å²) in [5.41, 5.74) is 1.22. The van der Waals surface area contributed by atoms with Gasteiger partial charge in [-0.1, -0.05) is 24.3 Å². The van der Waals surface area contributed by atoms with Crippen molar-refractivity contribution in [3.8, 4) is 5.75 Å². The van der Waals surface area contributed by atoms with Crippen LogP contribution >= 0.6 is 0 Å². The molecule has 2 rings (SSSR count). The first kappa shape index (κ1) is 12.1. The van der Waals surface area contributed by atoms with E-state index in [-0.39, 0.29) is 0 Å². The molecular formula is C14H20N2O. The van der Waals surface area contributed by atoms with Gasteiger partial charge in [-0.25, -0.2) is 0 Å². The second-order valence-electron chi connectivity index (χ2n) is 4.23. The monoisotopic (exact) mass is 232 g/mol. The van der Waals surface area contributed by atoms with Crippen LogP contribution in [-0.2, 0) is 0 Å². The van der Waals surface area contributed by atoms with Crippen molar-refractivity contribution in [3.05, 3.63) is 35.9 Å². The van der Waals surface area contributed by atoms with Crippen LogP contribution < -0.4 is 10.1 Å². The van der Waals surface area contributed by atoms with E-state index in [4.69, 9.17) is 4.74 Å². The number of nitrogens with zero attached hydrogens (tertiary/aromatic N) is 1. The van der Waals surface area contributed by atoms with E-state index in [1.165, 1.54) is 5.56 Å². The molecule has 0 aromatic heterocycles. The second-order valence-corrected chi connectivity index (χ2v) is 4.23.